The van der Waals surface area contributed by atoms with Gasteiger partial charge in [0, 0.05) is 30.8 Å². The molecule has 1 unspecified atom stereocenters. The molecule has 0 aliphatic carbocycles. The Morgan fingerprint density at radius 3 is 2.86 bits per heavy atom. The van der Waals surface area contributed by atoms with E-state index in [9.17, 15) is 9.18 Å². The maximum absolute atomic E-state index is 12.1. The molecule has 1 fully saturated rings. The zero-order chi connectivity index (χ0) is 14.7. The Labute approximate surface area is 121 Å². The Morgan fingerprint density at radius 2 is 2.19 bits per heavy atom. The number of rotatable bonds is 4. The third kappa shape index (κ3) is 2.89. The molecule has 5 nitrogen and oxygen atoms in total. The molecule has 110 valence electrons. The van der Waals surface area contributed by atoms with Gasteiger partial charge in [0.25, 0.3) is 0 Å². The van der Waals surface area contributed by atoms with Crippen molar-refractivity contribution in [3.05, 3.63) is 42.2 Å². The number of alkyl halides is 1. The van der Waals surface area contributed by atoms with E-state index in [2.05, 4.69) is 10.2 Å². The van der Waals surface area contributed by atoms with Crippen LogP contribution in [0.5, 0.6) is 5.75 Å². The van der Waals surface area contributed by atoms with Gasteiger partial charge in [-0.2, -0.15) is 5.10 Å². The molecule has 1 N–H and O–H groups in total. The second kappa shape index (κ2) is 5.95. The van der Waals surface area contributed by atoms with Crippen LogP contribution in [0.4, 0.5) is 10.1 Å². The Morgan fingerprint density at radius 1 is 1.38 bits per heavy atom. The standard InChI is InChI=1S/C15H16FN3O2/c16-10-21-14-4-2-13(3-5-14)19-9-11(1-6-15(19)20)12-7-17-18-8-12/h2-5,7-8,11H,1,6,9-10H2,(H,17,18). The predicted octanol–water partition coefficient (Wildman–Crippen LogP) is 2.63. The van der Waals surface area contributed by atoms with Crippen molar-refractivity contribution >= 4 is 11.6 Å². The fraction of sp³-hybridized carbons (Fsp3) is 0.333. The normalized spacial score (nSPS) is 18.8. The van der Waals surface area contributed by atoms with Gasteiger partial charge in [-0.1, -0.05) is 0 Å². The molecule has 1 aliphatic rings. The molecule has 1 saturated heterocycles. The van der Waals surface area contributed by atoms with Gasteiger partial charge in [0.2, 0.25) is 12.8 Å². The average Bonchev–Trinajstić information content (AvgIpc) is 3.03. The van der Waals surface area contributed by atoms with Crippen LogP contribution in [0.2, 0.25) is 0 Å². The van der Waals surface area contributed by atoms with Gasteiger partial charge in [-0.3, -0.25) is 9.89 Å². The van der Waals surface area contributed by atoms with E-state index in [1.807, 2.05) is 6.20 Å². The molecule has 2 heterocycles. The van der Waals surface area contributed by atoms with E-state index in [-0.39, 0.29) is 11.8 Å². The minimum atomic E-state index is -0.857. The topological polar surface area (TPSA) is 58.2 Å². The van der Waals surface area contributed by atoms with Crippen molar-refractivity contribution in [1.29, 1.82) is 0 Å². The highest BCUT2D eigenvalue weighted by molar-refractivity contribution is 5.94. The molecule has 21 heavy (non-hydrogen) atoms. The van der Waals surface area contributed by atoms with E-state index in [4.69, 9.17) is 4.74 Å². The molecule has 1 atom stereocenters. The number of nitrogens with one attached hydrogen (secondary N) is 1. The summed E-state index contributed by atoms with van der Waals surface area (Å²) in [5.74, 6) is 0.842. The van der Waals surface area contributed by atoms with Gasteiger partial charge in [-0.05, 0) is 36.2 Å². The van der Waals surface area contributed by atoms with Crippen molar-refractivity contribution < 1.29 is 13.9 Å². The lowest BCUT2D eigenvalue weighted by molar-refractivity contribution is -0.119. The van der Waals surface area contributed by atoms with Crippen LogP contribution in [0.1, 0.15) is 24.3 Å². The van der Waals surface area contributed by atoms with Gasteiger partial charge in [-0.15, -0.1) is 0 Å². The summed E-state index contributed by atoms with van der Waals surface area (Å²) in [5.41, 5.74) is 1.92. The molecule has 1 aromatic heterocycles. The lowest BCUT2D eigenvalue weighted by atomic mass is 9.92. The maximum Gasteiger partial charge on any atom is 0.228 e. The van der Waals surface area contributed by atoms with E-state index < -0.39 is 6.86 Å². The lowest BCUT2D eigenvalue weighted by Crippen LogP contribution is -2.39. The van der Waals surface area contributed by atoms with Crippen molar-refractivity contribution in [2.45, 2.75) is 18.8 Å². The molecule has 2 aromatic rings. The van der Waals surface area contributed by atoms with Crippen LogP contribution in [-0.4, -0.2) is 29.5 Å². The summed E-state index contributed by atoms with van der Waals surface area (Å²) in [5, 5.41) is 6.77. The number of halogens is 1. The Bertz CT molecular complexity index is 598. The van der Waals surface area contributed by atoms with E-state index >= 15 is 0 Å². The van der Waals surface area contributed by atoms with Crippen molar-refractivity contribution in [3.63, 3.8) is 0 Å². The zero-order valence-electron chi connectivity index (χ0n) is 11.5. The van der Waals surface area contributed by atoms with Crippen molar-refractivity contribution in [1.82, 2.24) is 10.2 Å². The highest BCUT2D eigenvalue weighted by atomic mass is 19.1. The summed E-state index contributed by atoms with van der Waals surface area (Å²) in [7, 11) is 0. The number of hydrogen-bond donors (Lipinski definition) is 1. The lowest BCUT2D eigenvalue weighted by Gasteiger charge is -2.32. The maximum atomic E-state index is 12.1. The summed E-state index contributed by atoms with van der Waals surface area (Å²) in [6, 6.07) is 6.90. The van der Waals surface area contributed by atoms with Gasteiger partial charge in [0.1, 0.15) is 5.75 Å². The summed E-state index contributed by atoms with van der Waals surface area (Å²) >= 11 is 0. The van der Waals surface area contributed by atoms with E-state index in [1.54, 1.807) is 35.4 Å². The number of aromatic amines is 1. The molecule has 1 aromatic carbocycles. The van der Waals surface area contributed by atoms with Crippen molar-refractivity contribution in [3.8, 4) is 5.75 Å². The largest absolute Gasteiger partial charge is 0.463 e. The Balaban J connectivity index is 1.77. The SMILES string of the molecule is O=C1CCC(c2cn[nH]c2)CN1c1ccc(OCF)cc1. The van der Waals surface area contributed by atoms with Crippen LogP contribution in [0.3, 0.4) is 0 Å². The van der Waals surface area contributed by atoms with E-state index in [0.29, 0.717) is 18.7 Å². The molecule has 0 saturated carbocycles. The predicted molar refractivity (Wildman–Crippen MR) is 76.0 cm³/mol. The highest BCUT2D eigenvalue weighted by Crippen LogP contribution is 2.31. The van der Waals surface area contributed by atoms with Crippen LogP contribution in [0, 0.1) is 0 Å². The summed E-state index contributed by atoms with van der Waals surface area (Å²) < 4.78 is 16.9. The number of ether oxygens (including phenoxy) is 1. The van der Waals surface area contributed by atoms with E-state index in [1.165, 1.54) is 0 Å². The second-order valence-electron chi connectivity index (χ2n) is 5.02. The first kappa shape index (κ1) is 13.6. The summed E-state index contributed by atoms with van der Waals surface area (Å²) in [6.07, 6.45) is 5.02. The Hall–Kier alpha value is -2.37. The minimum Gasteiger partial charge on any atom is -0.463 e. The van der Waals surface area contributed by atoms with Gasteiger partial charge < -0.3 is 9.64 Å². The van der Waals surface area contributed by atoms with Gasteiger partial charge in [0.15, 0.2) is 0 Å². The van der Waals surface area contributed by atoms with Crippen LogP contribution in [-0.2, 0) is 4.79 Å². The summed E-state index contributed by atoms with van der Waals surface area (Å²) in [4.78, 5) is 13.9. The highest BCUT2D eigenvalue weighted by Gasteiger charge is 2.28. The Kier molecular flexibility index (Phi) is 3.85. The number of H-pyrrole nitrogens is 1. The number of piperidine rings is 1. The fourth-order valence-electron chi connectivity index (χ4n) is 2.64. The number of amides is 1. The number of aromatic nitrogens is 2. The first-order valence-electron chi connectivity index (χ1n) is 6.86. The third-order valence-corrected chi connectivity index (χ3v) is 3.77. The van der Waals surface area contributed by atoms with Crippen LogP contribution in [0.15, 0.2) is 36.7 Å². The molecule has 3 rings (SSSR count). The van der Waals surface area contributed by atoms with Gasteiger partial charge >= 0.3 is 0 Å². The number of carbonyl (C=O) groups excluding carboxylic acids is 1. The monoisotopic (exact) mass is 289 g/mol. The van der Waals surface area contributed by atoms with Crippen LogP contribution in [0.25, 0.3) is 0 Å². The molecular weight excluding hydrogens is 273 g/mol. The van der Waals surface area contributed by atoms with E-state index in [0.717, 1.165) is 17.7 Å². The quantitative estimate of drug-likeness (QED) is 0.941. The average molecular weight is 289 g/mol. The molecule has 1 amide bonds. The third-order valence-electron chi connectivity index (χ3n) is 3.77. The van der Waals surface area contributed by atoms with Crippen LogP contribution >= 0.6 is 0 Å². The smallest absolute Gasteiger partial charge is 0.228 e. The molecular formula is C15H16FN3O2. The number of benzene rings is 1. The molecule has 6 heteroatoms. The fourth-order valence-corrected chi connectivity index (χ4v) is 2.64. The molecule has 0 spiro atoms. The van der Waals surface area contributed by atoms with Gasteiger partial charge in [-0.25, -0.2) is 4.39 Å². The molecule has 0 radical (unpaired) electrons. The van der Waals surface area contributed by atoms with Crippen molar-refractivity contribution in [2.75, 3.05) is 18.3 Å². The minimum absolute atomic E-state index is 0.105. The van der Waals surface area contributed by atoms with Crippen LogP contribution < -0.4 is 9.64 Å². The number of nitrogens with zero attached hydrogens (tertiary/aromatic N) is 2. The first-order valence-corrected chi connectivity index (χ1v) is 6.86. The number of anilines is 1. The molecule has 1 aliphatic heterocycles. The second-order valence-corrected chi connectivity index (χ2v) is 5.02. The number of carbonyl (C=O) groups is 1. The summed E-state index contributed by atoms with van der Waals surface area (Å²) in [6.45, 7) is -0.230. The van der Waals surface area contributed by atoms with Gasteiger partial charge in [0.05, 0.1) is 6.20 Å². The van der Waals surface area contributed by atoms with Crippen molar-refractivity contribution in [2.24, 2.45) is 0 Å². The number of hydrogen-bond acceptors (Lipinski definition) is 3. The first-order chi connectivity index (χ1) is 10.3. The zero-order valence-corrected chi connectivity index (χ0v) is 11.5. The molecule has 0 bridgehead atoms.